The Morgan fingerprint density at radius 2 is 1.98 bits per heavy atom. The maximum atomic E-state index is 12.4. The minimum atomic E-state index is -0.285. The Balaban J connectivity index is 1.14. The summed E-state index contributed by atoms with van der Waals surface area (Å²) < 4.78 is 13.8. The van der Waals surface area contributed by atoms with Crippen molar-refractivity contribution in [2.75, 3.05) is 69.5 Å². The summed E-state index contributed by atoms with van der Waals surface area (Å²) in [7, 11) is 7.77. The minimum absolute atomic E-state index is 0.0209. The van der Waals surface area contributed by atoms with Gasteiger partial charge in [-0.2, -0.15) is 10.1 Å². The van der Waals surface area contributed by atoms with Crippen LogP contribution in [0.2, 0.25) is 0 Å². The van der Waals surface area contributed by atoms with Gasteiger partial charge in [0.15, 0.2) is 5.49 Å². The Hall–Kier alpha value is -4.49. The van der Waals surface area contributed by atoms with E-state index < -0.39 is 0 Å². The van der Waals surface area contributed by atoms with Gasteiger partial charge >= 0.3 is 0 Å². The Morgan fingerprint density at radius 3 is 2.70 bits per heavy atom. The molecule has 44 heavy (non-hydrogen) atoms. The first kappa shape index (κ1) is 29.6. The van der Waals surface area contributed by atoms with Crippen molar-refractivity contribution < 1.29 is 14.3 Å². The van der Waals surface area contributed by atoms with Gasteiger partial charge in [0.05, 0.1) is 36.9 Å². The van der Waals surface area contributed by atoms with Crippen LogP contribution in [0.15, 0.2) is 48.2 Å². The summed E-state index contributed by atoms with van der Waals surface area (Å²) in [6.45, 7) is 7.64. The summed E-state index contributed by atoms with van der Waals surface area (Å²) in [6, 6.07) is 6.33. The summed E-state index contributed by atoms with van der Waals surface area (Å²) in [5, 5.41) is 11.6. The van der Waals surface area contributed by atoms with E-state index in [0.29, 0.717) is 41.5 Å². The molecule has 3 aliphatic heterocycles. The fourth-order valence-electron chi connectivity index (χ4n) is 6.00. The number of carbonyl (C=O) groups excluding carboxylic acids is 1. The normalized spacial score (nSPS) is 18.9. The molecule has 0 aliphatic carbocycles. The first-order chi connectivity index (χ1) is 21.3. The summed E-state index contributed by atoms with van der Waals surface area (Å²) >= 11 is 0. The molecular weight excluding hydrogens is 560 g/mol. The largest absolute Gasteiger partial charge is 0.494 e. The van der Waals surface area contributed by atoms with Crippen molar-refractivity contribution in [3.05, 3.63) is 54.0 Å². The molecule has 2 saturated heterocycles. The third kappa shape index (κ3) is 6.24. The van der Waals surface area contributed by atoms with Crippen LogP contribution in [0, 0.1) is 0 Å². The van der Waals surface area contributed by atoms with Crippen molar-refractivity contribution in [3.63, 3.8) is 0 Å². The predicted molar refractivity (Wildman–Crippen MR) is 169 cm³/mol. The van der Waals surface area contributed by atoms with E-state index in [4.69, 9.17) is 14.5 Å². The second-order valence-corrected chi connectivity index (χ2v) is 11.6. The molecule has 2 N–H and O–H groups in total. The van der Waals surface area contributed by atoms with Crippen LogP contribution in [-0.4, -0.2) is 108 Å². The number of aryl methyl sites for hydroxylation is 1. The van der Waals surface area contributed by atoms with E-state index in [2.05, 4.69) is 67.2 Å². The smallest absolute Gasteiger partial charge is 0.247 e. The molecule has 13 nitrogen and oxygen atoms in total. The van der Waals surface area contributed by atoms with Gasteiger partial charge in [-0.1, -0.05) is 12.7 Å². The summed E-state index contributed by atoms with van der Waals surface area (Å²) in [5.74, 6) is 1.17. The van der Waals surface area contributed by atoms with Gasteiger partial charge in [0, 0.05) is 68.9 Å². The average Bonchev–Trinajstić information content (AvgIpc) is 3.38. The zero-order valence-electron chi connectivity index (χ0n) is 25.7. The van der Waals surface area contributed by atoms with Gasteiger partial charge in [0.25, 0.3) is 0 Å². The second-order valence-electron chi connectivity index (χ2n) is 11.6. The number of nitrogens with zero attached hydrogens (tertiary/aromatic N) is 8. The van der Waals surface area contributed by atoms with Gasteiger partial charge in [-0.25, -0.2) is 4.98 Å². The van der Waals surface area contributed by atoms with Crippen LogP contribution in [0.25, 0.3) is 6.08 Å². The topological polar surface area (TPSA) is 125 Å². The van der Waals surface area contributed by atoms with Crippen molar-refractivity contribution >= 4 is 35.0 Å². The lowest BCUT2D eigenvalue weighted by Crippen LogP contribution is -2.59. The lowest BCUT2D eigenvalue weighted by atomic mass is 10.0. The lowest BCUT2D eigenvalue weighted by Gasteiger charge is -2.42. The van der Waals surface area contributed by atoms with Crippen LogP contribution >= 0.6 is 0 Å². The molecule has 2 aromatic heterocycles. The number of methoxy groups -OCH3 is 1. The quantitative estimate of drug-likeness (QED) is 0.328. The van der Waals surface area contributed by atoms with E-state index in [1.165, 1.54) is 6.08 Å². The molecule has 0 bridgehead atoms. The van der Waals surface area contributed by atoms with Gasteiger partial charge in [-0.3, -0.25) is 19.4 Å². The van der Waals surface area contributed by atoms with Gasteiger partial charge in [-0.15, -0.1) is 0 Å². The molecular formula is C31H40N10O3. The fraction of sp³-hybridized carbons (Fsp3) is 0.452. The SMILES string of the molecule is C=CC(=O)Nc1cc(Nc2nccc(OC3CN(C4C=c5cnn(C)c5=NC4)C3)n2)c(OC)cc1N1CCC(N(C)C)CC1. The number of ether oxygens (including phenoxy) is 2. The van der Waals surface area contributed by atoms with Gasteiger partial charge in [0.1, 0.15) is 11.9 Å². The number of hydrogen-bond donors (Lipinski definition) is 2. The summed E-state index contributed by atoms with van der Waals surface area (Å²) in [6.07, 6.45) is 9.10. The van der Waals surface area contributed by atoms with Crippen molar-refractivity contribution in [2.45, 2.75) is 31.0 Å². The van der Waals surface area contributed by atoms with Crippen LogP contribution in [0.4, 0.5) is 23.0 Å². The van der Waals surface area contributed by atoms with Crippen LogP contribution in [0.5, 0.6) is 11.6 Å². The fourth-order valence-corrected chi connectivity index (χ4v) is 6.00. The number of fused-ring (bicyclic) bond motifs is 1. The molecule has 0 spiro atoms. The third-order valence-electron chi connectivity index (χ3n) is 8.54. The first-order valence-corrected chi connectivity index (χ1v) is 14.9. The highest BCUT2D eigenvalue weighted by atomic mass is 16.5. The average molecular weight is 601 g/mol. The number of hydrogen-bond acceptors (Lipinski definition) is 11. The number of rotatable bonds is 10. The zero-order chi connectivity index (χ0) is 30.8. The molecule has 3 aromatic rings. The molecule has 0 radical (unpaired) electrons. The van der Waals surface area contributed by atoms with Gasteiger partial charge in [0.2, 0.25) is 17.7 Å². The highest BCUT2D eigenvalue weighted by molar-refractivity contribution is 6.02. The van der Waals surface area contributed by atoms with Crippen molar-refractivity contribution in [1.29, 1.82) is 0 Å². The molecule has 1 unspecified atom stereocenters. The Morgan fingerprint density at radius 1 is 1.18 bits per heavy atom. The monoisotopic (exact) mass is 600 g/mol. The Labute approximate surface area is 256 Å². The standard InChI is InChI=1S/C31H40N10O3/c1-6-28(42)35-24-14-25(27(43-5)15-26(24)40-11-8-21(9-12-40)38(2)3)36-31-32-10-7-29(37-31)44-23-18-41(19-23)22-13-20-16-34-39(4)30(20)33-17-22/h6-7,10,13-16,21-23H,1,8-9,11-12,17-19H2,2-5H3,(H,35,42)(H,32,36,37). The number of amides is 1. The Bertz CT molecular complexity index is 1640. The van der Waals surface area contributed by atoms with Crippen LogP contribution in [-0.2, 0) is 11.8 Å². The molecule has 0 saturated carbocycles. The number of likely N-dealkylation sites (tertiary alicyclic amines) is 1. The highest BCUT2D eigenvalue weighted by Crippen LogP contribution is 2.39. The number of piperidine rings is 1. The van der Waals surface area contributed by atoms with E-state index in [1.54, 1.807) is 19.4 Å². The van der Waals surface area contributed by atoms with E-state index in [1.807, 2.05) is 30.1 Å². The van der Waals surface area contributed by atoms with Gasteiger partial charge in [-0.05, 0) is 39.1 Å². The van der Waals surface area contributed by atoms with E-state index >= 15 is 0 Å². The second kappa shape index (κ2) is 12.6. The zero-order valence-corrected chi connectivity index (χ0v) is 25.7. The summed E-state index contributed by atoms with van der Waals surface area (Å²) in [5.41, 5.74) is 3.11. The predicted octanol–water partition coefficient (Wildman–Crippen LogP) is 1.16. The number of aromatic nitrogens is 4. The number of benzene rings is 1. The lowest BCUT2D eigenvalue weighted by molar-refractivity contribution is -0.111. The molecule has 5 heterocycles. The van der Waals surface area contributed by atoms with E-state index in [0.717, 1.165) is 55.4 Å². The van der Waals surface area contributed by atoms with Crippen LogP contribution in [0.3, 0.4) is 0 Å². The maximum absolute atomic E-state index is 12.4. The van der Waals surface area contributed by atoms with Crippen LogP contribution in [0.1, 0.15) is 12.8 Å². The van der Waals surface area contributed by atoms with Crippen molar-refractivity contribution in [3.8, 4) is 11.6 Å². The molecule has 1 amide bonds. The number of nitrogens with one attached hydrogen (secondary N) is 2. The third-order valence-corrected chi connectivity index (χ3v) is 8.54. The Kier molecular flexibility index (Phi) is 8.49. The van der Waals surface area contributed by atoms with Crippen molar-refractivity contribution in [2.24, 2.45) is 12.0 Å². The first-order valence-electron chi connectivity index (χ1n) is 14.9. The summed E-state index contributed by atoms with van der Waals surface area (Å²) in [4.78, 5) is 33.0. The van der Waals surface area contributed by atoms with Crippen LogP contribution < -0.4 is 35.7 Å². The molecule has 1 aromatic carbocycles. The molecule has 232 valence electrons. The number of carbonyl (C=O) groups is 1. The highest BCUT2D eigenvalue weighted by Gasteiger charge is 2.34. The molecule has 2 fully saturated rings. The molecule has 13 heteroatoms. The van der Waals surface area contributed by atoms with Gasteiger partial charge < -0.3 is 29.9 Å². The molecule has 3 aliphatic rings. The molecule has 6 rings (SSSR count). The minimum Gasteiger partial charge on any atom is -0.494 e. The number of anilines is 4. The van der Waals surface area contributed by atoms with E-state index in [-0.39, 0.29) is 18.1 Å². The van der Waals surface area contributed by atoms with E-state index in [9.17, 15) is 4.79 Å². The molecule has 1 atom stereocenters. The van der Waals surface area contributed by atoms with Crippen molar-refractivity contribution in [1.82, 2.24) is 29.5 Å². The maximum Gasteiger partial charge on any atom is 0.247 e.